The van der Waals surface area contributed by atoms with Crippen LogP contribution in [0, 0.1) is 0 Å². The molecule has 0 radical (unpaired) electrons. The lowest BCUT2D eigenvalue weighted by Gasteiger charge is -2.16. The van der Waals surface area contributed by atoms with Gasteiger partial charge in [0, 0.05) is 11.6 Å². The highest BCUT2D eigenvalue weighted by molar-refractivity contribution is 5.41. The van der Waals surface area contributed by atoms with Crippen LogP contribution >= 0.6 is 0 Å². The normalized spacial score (nSPS) is 13.2. The molecule has 18 heavy (non-hydrogen) atoms. The first-order chi connectivity index (χ1) is 8.19. The number of phenols is 1. The summed E-state index contributed by atoms with van der Waals surface area (Å²) in [5.41, 5.74) is 6.73. The van der Waals surface area contributed by atoms with Gasteiger partial charge in [-0.3, -0.25) is 0 Å². The standard InChI is InChI=1S/C12H14F3NO2/c1-7(2)5-10(16)9-6-8(3-4-11(9)17)18-12(13,14)15/h3-4,6,10,17H,1,5,16H2,2H3/t10-/m0/s1. The van der Waals surface area contributed by atoms with E-state index >= 15 is 0 Å². The average molecular weight is 261 g/mol. The third-order valence-electron chi connectivity index (χ3n) is 2.20. The van der Waals surface area contributed by atoms with Gasteiger partial charge in [-0.05, 0) is 31.5 Å². The number of halogens is 3. The van der Waals surface area contributed by atoms with E-state index < -0.39 is 18.2 Å². The number of aromatic hydroxyl groups is 1. The quantitative estimate of drug-likeness (QED) is 0.818. The molecule has 100 valence electrons. The molecule has 0 amide bonds. The molecule has 3 nitrogen and oxygen atoms in total. The summed E-state index contributed by atoms with van der Waals surface area (Å²) in [5, 5.41) is 9.57. The van der Waals surface area contributed by atoms with Gasteiger partial charge in [-0.25, -0.2) is 0 Å². The van der Waals surface area contributed by atoms with Crippen molar-refractivity contribution in [3.63, 3.8) is 0 Å². The van der Waals surface area contributed by atoms with Crippen molar-refractivity contribution in [2.45, 2.75) is 25.7 Å². The molecule has 0 saturated carbocycles. The predicted octanol–water partition coefficient (Wildman–Crippen LogP) is 3.26. The molecule has 0 bridgehead atoms. The molecule has 6 heteroatoms. The first-order valence-electron chi connectivity index (χ1n) is 5.17. The van der Waals surface area contributed by atoms with E-state index in [0.717, 1.165) is 23.8 Å². The summed E-state index contributed by atoms with van der Waals surface area (Å²) in [4.78, 5) is 0. The van der Waals surface area contributed by atoms with Crippen LogP contribution < -0.4 is 10.5 Å². The number of alkyl halides is 3. The first-order valence-corrected chi connectivity index (χ1v) is 5.17. The molecule has 1 rings (SSSR count). The van der Waals surface area contributed by atoms with E-state index in [2.05, 4.69) is 11.3 Å². The Balaban J connectivity index is 2.97. The van der Waals surface area contributed by atoms with Crippen LogP contribution in [0.1, 0.15) is 24.9 Å². The van der Waals surface area contributed by atoms with E-state index in [-0.39, 0.29) is 11.3 Å². The Morgan fingerprint density at radius 2 is 2.11 bits per heavy atom. The van der Waals surface area contributed by atoms with E-state index in [1.165, 1.54) is 0 Å². The number of hydrogen-bond acceptors (Lipinski definition) is 3. The molecule has 1 atom stereocenters. The lowest BCUT2D eigenvalue weighted by molar-refractivity contribution is -0.274. The van der Waals surface area contributed by atoms with Gasteiger partial charge in [0.15, 0.2) is 0 Å². The Morgan fingerprint density at radius 1 is 1.50 bits per heavy atom. The summed E-state index contributed by atoms with van der Waals surface area (Å²) in [6, 6.07) is 2.60. The van der Waals surface area contributed by atoms with Crippen molar-refractivity contribution in [2.75, 3.05) is 0 Å². The van der Waals surface area contributed by atoms with Gasteiger partial charge >= 0.3 is 6.36 Å². The second-order valence-electron chi connectivity index (χ2n) is 4.04. The van der Waals surface area contributed by atoms with Crippen molar-refractivity contribution in [1.29, 1.82) is 0 Å². The second kappa shape index (κ2) is 5.30. The molecule has 0 fully saturated rings. The fourth-order valence-corrected chi connectivity index (χ4v) is 1.51. The Morgan fingerprint density at radius 3 is 2.61 bits per heavy atom. The molecule has 1 aromatic carbocycles. The molecule has 0 heterocycles. The van der Waals surface area contributed by atoms with Gasteiger partial charge in [0.2, 0.25) is 0 Å². The maximum absolute atomic E-state index is 12.1. The van der Waals surface area contributed by atoms with Crippen molar-refractivity contribution in [2.24, 2.45) is 5.73 Å². The van der Waals surface area contributed by atoms with Crippen molar-refractivity contribution in [3.05, 3.63) is 35.9 Å². The zero-order valence-corrected chi connectivity index (χ0v) is 9.79. The van der Waals surface area contributed by atoms with Crippen LogP contribution in [0.4, 0.5) is 13.2 Å². The van der Waals surface area contributed by atoms with Crippen LogP contribution in [0.5, 0.6) is 11.5 Å². The van der Waals surface area contributed by atoms with E-state index in [9.17, 15) is 18.3 Å². The van der Waals surface area contributed by atoms with Gasteiger partial charge in [-0.15, -0.1) is 19.8 Å². The van der Waals surface area contributed by atoms with E-state index in [1.807, 2.05) is 0 Å². The van der Waals surface area contributed by atoms with Crippen LogP contribution in [0.2, 0.25) is 0 Å². The van der Waals surface area contributed by atoms with E-state index in [1.54, 1.807) is 6.92 Å². The number of benzene rings is 1. The lowest BCUT2D eigenvalue weighted by Crippen LogP contribution is -2.18. The first kappa shape index (κ1) is 14.4. The molecule has 0 aliphatic rings. The van der Waals surface area contributed by atoms with Crippen LogP contribution in [0.3, 0.4) is 0 Å². The smallest absolute Gasteiger partial charge is 0.508 e. The maximum Gasteiger partial charge on any atom is 0.573 e. The lowest BCUT2D eigenvalue weighted by atomic mass is 10.00. The van der Waals surface area contributed by atoms with Gasteiger partial charge in [0.1, 0.15) is 11.5 Å². The van der Waals surface area contributed by atoms with Crippen LogP contribution in [0.15, 0.2) is 30.4 Å². The van der Waals surface area contributed by atoms with Gasteiger partial charge < -0.3 is 15.6 Å². The Bertz CT molecular complexity index is 443. The van der Waals surface area contributed by atoms with Crippen LogP contribution in [-0.4, -0.2) is 11.5 Å². The minimum Gasteiger partial charge on any atom is -0.508 e. The number of hydrogen-bond donors (Lipinski definition) is 2. The fraction of sp³-hybridized carbons (Fsp3) is 0.333. The second-order valence-corrected chi connectivity index (χ2v) is 4.04. The van der Waals surface area contributed by atoms with Gasteiger partial charge in [-0.2, -0.15) is 0 Å². The highest BCUT2D eigenvalue weighted by atomic mass is 19.4. The number of phenolic OH excluding ortho intramolecular Hbond substituents is 1. The molecule has 0 aliphatic heterocycles. The number of ether oxygens (including phenoxy) is 1. The average Bonchev–Trinajstić information content (AvgIpc) is 2.17. The highest BCUT2D eigenvalue weighted by Crippen LogP contribution is 2.32. The number of rotatable bonds is 4. The Kier molecular flexibility index (Phi) is 4.24. The van der Waals surface area contributed by atoms with Gasteiger partial charge in [0.25, 0.3) is 0 Å². The van der Waals surface area contributed by atoms with E-state index in [4.69, 9.17) is 5.73 Å². The molecule has 3 N–H and O–H groups in total. The Labute approximate surface area is 103 Å². The summed E-state index contributed by atoms with van der Waals surface area (Å²) in [6.07, 6.45) is -4.41. The van der Waals surface area contributed by atoms with Crippen molar-refractivity contribution in [1.82, 2.24) is 0 Å². The van der Waals surface area contributed by atoms with Crippen molar-refractivity contribution in [3.8, 4) is 11.5 Å². The summed E-state index contributed by atoms with van der Waals surface area (Å²) in [7, 11) is 0. The molecule has 0 unspecified atom stereocenters. The summed E-state index contributed by atoms with van der Waals surface area (Å²) in [5.74, 6) is -0.578. The molecule has 0 aliphatic carbocycles. The minimum atomic E-state index is -4.77. The summed E-state index contributed by atoms with van der Waals surface area (Å²) in [6.45, 7) is 5.40. The highest BCUT2D eigenvalue weighted by Gasteiger charge is 2.31. The Hall–Kier alpha value is -1.69. The van der Waals surface area contributed by atoms with E-state index in [0.29, 0.717) is 6.42 Å². The number of nitrogens with two attached hydrogens (primary N) is 1. The monoisotopic (exact) mass is 261 g/mol. The van der Waals surface area contributed by atoms with Crippen LogP contribution in [0.25, 0.3) is 0 Å². The zero-order valence-electron chi connectivity index (χ0n) is 9.79. The van der Waals surface area contributed by atoms with Crippen LogP contribution in [-0.2, 0) is 0 Å². The maximum atomic E-state index is 12.1. The van der Waals surface area contributed by atoms with Crippen molar-refractivity contribution >= 4 is 0 Å². The minimum absolute atomic E-state index is 0.168. The van der Waals surface area contributed by atoms with Crippen molar-refractivity contribution < 1.29 is 23.0 Å². The van der Waals surface area contributed by atoms with Gasteiger partial charge in [0.05, 0.1) is 0 Å². The molecule has 1 aromatic rings. The topological polar surface area (TPSA) is 55.5 Å². The molecule has 0 saturated heterocycles. The molecule has 0 spiro atoms. The molecular formula is C12H14F3NO2. The molecular weight excluding hydrogens is 247 g/mol. The van der Waals surface area contributed by atoms with Gasteiger partial charge in [-0.1, -0.05) is 5.57 Å². The fourth-order valence-electron chi connectivity index (χ4n) is 1.51. The summed E-state index contributed by atoms with van der Waals surface area (Å²) < 4.78 is 39.9. The predicted molar refractivity (Wildman–Crippen MR) is 61.1 cm³/mol. The largest absolute Gasteiger partial charge is 0.573 e. The third-order valence-corrected chi connectivity index (χ3v) is 2.20. The zero-order chi connectivity index (χ0) is 13.9. The SMILES string of the molecule is C=C(C)C[C@H](N)c1cc(OC(F)(F)F)ccc1O. The summed E-state index contributed by atoms with van der Waals surface area (Å²) >= 11 is 0. The third kappa shape index (κ3) is 4.29. The molecule has 0 aromatic heterocycles.